The summed E-state index contributed by atoms with van der Waals surface area (Å²) in [6, 6.07) is -0.0481. The van der Waals surface area contributed by atoms with E-state index in [-0.39, 0.29) is 11.8 Å². The van der Waals surface area contributed by atoms with Crippen molar-refractivity contribution in [1.29, 1.82) is 0 Å². The van der Waals surface area contributed by atoms with Crippen molar-refractivity contribution in [2.75, 3.05) is 18.6 Å². The SMILES string of the molecule is CC(C)Cc1nc2c(n1C(C)CS(C)(=O)=O)CCNC2. The summed E-state index contributed by atoms with van der Waals surface area (Å²) in [5, 5.41) is 3.33. The van der Waals surface area contributed by atoms with Crippen LogP contribution in [0.4, 0.5) is 0 Å². The number of imidazole rings is 1. The summed E-state index contributed by atoms with van der Waals surface area (Å²) in [6.45, 7) is 8.04. The molecule has 5 nitrogen and oxygen atoms in total. The van der Waals surface area contributed by atoms with E-state index in [4.69, 9.17) is 4.98 Å². The van der Waals surface area contributed by atoms with Crippen LogP contribution < -0.4 is 5.32 Å². The Labute approximate surface area is 121 Å². The first-order chi connectivity index (χ1) is 9.28. The molecule has 1 aromatic rings. The molecule has 1 aliphatic heterocycles. The van der Waals surface area contributed by atoms with Crippen LogP contribution in [0.2, 0.25) is 0 Å². The van der Waals surface area contributed by atoms with E-state index in [0.29, 0.717) is 5.92 Å². The Morgan fingerprint density at radius 1 is 1.35 bits per heavy atom. The molecular formula is C14H25N3O2S. The average molecular weight is 299 g/mol. The lowest BCUT2D eigenvalue weighted by Gasteiger charge is -2.21. The zero-order valence-corrected chi connectivity index (χ0v) is 13.6. The van der Waals surface area contributed by atoms with Gasteiger partial charge in [-0.25, -0.2) is 13.4 Å². The van der Waals surface area contributed by atoms with Crippen LogP contribution in [0, 0.1) is 5.92 Å². The number of rotatable bonds is 5. The van der Waals surface area contributed by atoms with Gasteiger partial charge in [0.15, 0.2) is 0 Å². The molecule has 1 aromatic heterocycles. The van der Waals surface area contributed by atoms with Gasteiger partial charge in [-0.1, -0.05) is 13.8 Å². The number of nitrogens with zero attached hydrogens (tertiary/aromatic N) is 2. The highest BCUT2D eigenvalue weighted by Crippen LogP contribution is 2.23. The number of aromatic nitrogens is 2. The van der Waals surface area contributed by atoms with Gasteiger partial charge in [0, 0.05) is 43.9 Å². The fourth-order valence-corrected chi connectivity index (χ4v) is 3.96. The summed E-state index contributed by atoms with van der Waals surface area (Å²) >= 11 is 0. The van der Waals surface area contributed by atoms with E-state index in [1.165, 1.54) is 11.9 Å². The van der Waals surface area contributed by atoms with Gasteiger partial charge in [-0.2, -0.15) is 0 Å². The van der Waals surface area contributed by atoms with Gasteiger partial charge in [-0.15, -0.1) is 0 Å². The molecule has 0 bridgehead atoms. The van der Waals surface area contributed by atoms with Crippen molar-refractivity contribution in [1.82, 2.24) is 14.9 Å². The molecule has 2 heterocycles. The lowest BCUT2D eigenvalue weighted by Crippen LogP contribution is -2.27. The zero-order valence-electron chi connectivity index (χ0n) is 12.8. The van der Waals surface area contributed by atoms with E-state index in [1.54, 1.807) is 0 Å². The van der Waals surface area contributed by atoms with Gasteiger partial charge in [-0.3, -0.25) is 0 Å². The topological polar surface area (TPSA) is 64.0 Å². The summed E-state index contributed by atoms with van der Waals surface area (Å²) in [6.07, 6.45) is 3.12. The van der Waals surface area contributed by atoms with Gasteiger partial charge < -0.3 is 9.88 Å². The molecule has 2 rings (SSSR count). The molecule has 0 saturated heterocycles. The van der Waals surface area contributed by atoms with Crippen LogP contribution in [-0.4, -0.2) is 36.5 Å². The third-order valence-corrected chi connectivity index (χ3v) is 4.66. The van der Waals surface area contributed by atoms with Gasteiger partial charge in [0.05, 0.1) is 11.4 Å². The molecule has 0 spiro atoms. The second-order valence-corrected chi connectivity index (χ2v) is 8.44. The molecular weight excluding hydrogens is 274 g/mol. The number of hydrogen-bond acceptors (Lipinski definition) is 4. The smallest absolute Gasteiger partial charge is 0.149 e. The van der Waals surface area contributed by atoms with Crippen LogP contribution in [0.5, 0.6) is 0 Å². The fourth-order valence-electron chi connectivity index (χ4n) is 2.93. The Hall–Kier alpha value is -0.880. The van der Waals surface area contributed by atoms with Gasteiger partial charge in [0.25, 0.3) is 0 Å². The Bertz CT molecular complexity index is 575. The molecule has 0 saturated carbocycles. The van der Waals surface area contributed by atoms with Gasteiger partial charge >= 0.3 is 0 Å². The number of hydrogen-bond donors (Lipinski definition) is 1. The minimum atomic E-state index is -2.99. The van der Waals surface area contributed by atoms with E-state index in [2.05, 4.69) is 23.7 Å². The van der Waals surface area contributed by atoms with Crippen LogP contribution >= 0.6 is 0 Å². The molecule has 20 heavy (non-hydrogen) atoms. The largest absolute Gasteiger partial charge is 0.328 e. The molecule has 1 N–H and O–H groups in total. The Morgan fingerprint density at radius 3 is 2.65 bits per heavy atom. The summed E-state index contributed by atoms with van der Waals surface area (Å²) in [4.78, 5) is 4.75. The highest BCUT2D eigenvalue weighted by atomic mass is 32.2. The van der Waals surface area contributed by atoms with Crippen LogP contribution in [0.25, 0.3) is 0 Å². The summed E-state index contributed by atoms with van der Waals surface area (Å²) in [5.41, 5.74) is 2.31. The first-order valence-electron chi connectivity index (χ1n) is 7.25. The van der Waals surface area contributed by atoms with E-state index in [0.717, 1.165) is 37.4 Å². The second-order valence-electron chi connectivity index (χ2n) is 6.26. The lowest BCUT2D eigenvalue weighted by atomic mass is 10.1. The predicted molar refractivity (Wildman–Crippen MR) is 80.6 cm³/mol. The van der Waals surface area contributed by atoms with Crippen LogP contribution in [0.15, 0.2) is 0 Å². The molecule has 0 aliphatic carbocycles. The highest BCUT2D eigenvalue weighted by molar-refractivity contribution is 7.90. The molecule has 1 unspecified atom stereocenters. The first kappa shape index (κ1) is 15.5. The highest BCUT2D eigenvalue weighted by Gasteiger charge is 2.24. The maximum Gasteiger partial charge on any atom is 0.149 e. The third kappa shape index (κ3) is 3.61. The zero-order chi connectivity index (χ0) is 14.9. The van der Waals surface area contributed by atoms with Crippen LogP contribution in [0.1, 0.15) is 44.0 Å². The van der Waals surface area contributed by atoms with Gasteiger partial charge in [-0.05, 0) is 12.8 Å². The number of fused-ring (bicyclic) bond motifs is 1. The first-order valence-corrected chi connectivity index (χ1v) is 9.31. The summed E-state index contributed by atoms with van der Waals surface area (Å²) < 4.78 is 25.4. The number of nitrogens with one attached hydrogen (secondary N) is 1. The monoisotopic (exact) mass is 299 g/mol. The predicted octanol–water partition coefficient (Wildman–Crippen LogP) is 1.33. The molecule has 1 atom stereocenters. The fraction of sp³-hybridized carbons (Fsp3) is 0.786. The van der Waals surface area contributed by atoms with Gasteiger partial charge in [0.1, 0.15) is 15.7 Å². The minimum Gasteiger partial charge on any atom is -0.328 e. The molecule has 114 valence electrons. The Kier molecular flexibility index (Phi) is 4.54. The van der Waals surface area contributed by atoms with E-state index in [1.807, 2.05) is 6.92 Å². The van der Waals surface area contributed by atoms with Crippen molar-refractivity contribution < 1.29 is 8.42 Å². The summed E-state index contributed by atoms with van der Waals surface area (Å²) in [7, 11) is -2.99. The second kappa shape index (κ2) is 5.85. The van der Waals surface area contributed by atoms with Gasteiger partial charge in [0.2, 0.25) is 0 Å². The van der Waals surface area contributed by atoms with Crippen molar-refractivity contribution in [2.24, 2.45) is 5.92 Å². The van der Waals surface area contributed by atoms with Crippen LogP contribution in [0.3, 0.4) is 0 Å². The van der Waals surface area contributed by atoms with E-state index in [9.17, 15) is 8.42 Å². The molecule has 0 amide bonds. The van der Waals surface area contributed by atoms with E-state index < -0.39 is 9.84 Å². The normalized spacial score (nSPS) is 17.2. The third-order valence-electron chi connectivity index (χ3n) is 3.57. The Balaban J connectivity index is 2.39. The summed E-state index contributed by atoms with van der Waals surface area (Å²) in [5.74, 6) is 1.72. The van der Waals surface area contributed by atoms with Crippen molar-refractivity contribution in [2.45, 2.75) is 46.2 Å². The Morgan fingerprint density at radius 2 is 2.05 bits per heavy atom. The maximum absolute atomic E-state index is 11.6. The van der Waals surface area contributed by atoms with E-state index >= 15 is 0 Å². The van der Waals surface area contributed by atoms with Crippen molar-refractivity contribution >= 4 is 9.84 Å². The van der Waals surface area contributed by atoms with Crippen molar-refractivity contribution in [3.8, 4) is 0 Å². The maximum atomic E-state index is 11.6. The lowest BCUT2D eigenvalue weighted by molar-refractivity contribution is 0.499. The molecule has 1 aliphatic rings. The molecule has 0 radical (unpaired) electrons. The molecule has 6 heteroatoms. The quantitative estimate of drug-likeness (QED) is 0.891. The van der Waals surface area contributed by atoms with Crippen molar-refractivity contribution in [3.05, 3.63) is 17.2 Å². The standard InChI is InChI=1S/C14H25N3O2S/c1-10(2)7-14-16-12-8-15-6-5-13(12)17(14)11(3)9-20(4,18)19/h10-11,15H,5-9H2,1-4H3. The number of sulfone groups is 1. The average Bonchev–Trinajstić information content (AvgIpc) is 2.63. The van der Waals surface area contributed by atoms with Crippen LogP contribution in [-0.2, 0) is 29.2 Å². The molecule has 0 aromatic carbocycles. The molecule has 0 fully saturated rings. The minimum absolute atomic E-state index is 0.0481. The van der Waals surface area contributed by atoms with Crippen molar-refractivity contribution in [3.63, 3.8) is 0 Å².